The number of carbonyl (C=O) groups excluding carboxylic acids is 4. The first-order chi connectivity index (χ1) is 15.5. The predicted molar refractivity (Wildman–Crippen MR) is 117 cm³/mol. The maximum absolute atomic E-state index is 12.2. The fourth-order valence-electron chi connectivity index (χ4n) is 3.20. The quantitative estimate of drug-likeness (QED) is 0.426. The van der Waals surface area contributed by atoms with E-state index < -0.39 is 18.0 Å². The van der Waals surface area contributed by atoms with E-state index in [0.29, 0.717) is 10.6 Å². The van der Waals surface area contributed by atoms with Gasteiger partial charge in [0, 0.05) is 24.4 Å². The average molecular weight is 438 g/mol. The first-order valence-electron chi connectivity index (χ1n) is 10.8. The molecule has 4 rings (SSSR count). The van der Waals surface area contributed by atoms with Gasteiger partial charge in [0.05, 0.1) is 0 Å². The van der Waals surface area contributed by atoms with Crippen LogP contribution in [0.1, 0.15) is 56.3 Å². The van der Waals surface area contributed by atoms with Crippen LogP contribution in [-0.4, -0.2) is 35.0 Å². The van der Waals surface area contributed by atoms with Gasteiger partial charge in [0.2, 0.25) is 0 Å². The van der Waals surface area contributed by atoms with Gasteiger partial charge in [0.25, 0.3) is 17.7 Å². The van der Waals surface area contributed by atoms with Crippen LogP contribution in [0.5, 0.6) is 5.75 Å². The highest BCUT2D eigenvalue weighted by molar-refractivity contribution is 6.01. The second kappa shape index (κ2) is 10.6. The van der Waals surface area contributed by atoms with Crippen LogP contribution in [-0.2, 0) is 14.4 Å². The molecule has 168 valence electrons. The van der Waals surface area contributed by atoms with E-state index in [1.54, 1.807) is 36.4 Å². The summed E-state index contributed by atoms with van der Waals surface area (Å²) in [6.45, 7) is 4.00. The van der Waals surface area contributed by atoms with Crippen molar-refractivity contribution >= 4 is 23.9 Å². The molecule has 1 aliphatic heterocycles. The molecule has 2 fully saturated rings. The van der Waals surface area contributed by atoms with Crippen molar-refractivity contribution < 1.29 is 28.8 Å². The van der Waals surface area contributed by atoms with Crippen molar-refractivity contribution in [2.75, 3.05) is 0 Å². The molecule has 2 aliphatic rings. The Morgan fingerprint density at radius 1 is 0.875 bits per heavy atom. The third-order valence-corrected chi connectivity index (χ3v) is 5.15. The summed E-state index contributed by atoms with van der Waals surface area (Å²) in [5, 5.41) is 3.43. The van der Waals surface area contributed by atoms with E-state index in [2.05, 4.69) is 10.2 Å². The Labute approximate surface area is 186 Å². The zero-order valence-corrected chi connectivity index (χ0v) is 18.1. The maximum atomic E-state index is 12.2. The molecule has 0 atom stereocenters. The van der Waals surface area contributed by atoms with Crippen LogP contribution in [0.25, 0.3) is 11.1 Å². The van der Waals surface area contributed by atoms with Crippen LogP contribution < -0.4 is 10.1 Å². The van der Waals surface area contributed by atoms with Crippen molar-refractivity contribution in [2.24, 2.45) is 0 Å². The summed E-state index contributed by atoms with van der Waals surface area (Å²) in [5.41, 5.74) is 2.38. The third kappa shape index (κ3) is 5.51. The summed E-state index contributed by atoms with van der Waals surface area (Å²) in [7, 11) is 0. The summed E-state index contributed by atoms with van der Waals surface area (Å²) in [6, 6.07) is 14.2. The summed E-state index contributed by atoms with van der Waals surface area (Å²) < 4.78 is 5.01. The molecule has 1 N–H and O–H groups in total. The number of rotatable bonds is 5. The summed E-state index contributed by atoms with van der Waals surface area (Å²) >= 11 is 0. The highest BCUT2D eigenvalue weighted by Crippen LogP contribution is 2.24. The number of imide groups is 1. The average Bonchev–Trinajstić information content (AvgIpc) is 3.10. The fourth-order valence-corrected chi connectivity index (χ4v) is 3.20. The minimum Gasteiger partial charge on any atom is -0.393 e. The Bertz CT molecular complexity index is 965. The third-order valence-electron chi connectivity index (χ3n) is 5.15. The number of ether oxygens (including phenoxy) is 1. The van der Waals surface area contributed by atoms with Gasteiger partial charge >= 0.3 is 6.16 Å². The zero-order chi connectivity index (χ0) is 23.1. The second-order valence-electron chi connectivity index (χ2n) is 7.23. The number of nitrogens with one attached hydrogen (secondary N) is 1. The van der Waals surface area contributed by atoms with E-state index in [0.717, 1.165) is 30.4 Å². The number of benzene rings is 2. The van der Waals surface area contributed by atoms with Crippen molar-refractivity contribution in [1.82, 2.24) is 10.4 Å². The lowest BCUT2D eigenvalue weighted by molar-refractivity contribution is -0.174. The van der Waals surface area contributed by atoms with Gasteiger partial charge in [-0.1, -0.05) is 43.2 Å². The van der Waals surface area contributed by atoms with E-state index in [-0.39, 0.29) is 30.5 Å². The largest absolute Gasteiger partial charge is 0.539 e. The summed E-state index contributed by atoms with van der Waals surface area (Å²) in [5.74, 6) is -1.00. The van der Waals surface area contributed by atoms with E-state index in [1.165, 1.54) is 0 Å². The van der Waals surface area contributed by atoms with Crippen LogP contribution in [0, 0.1) is 0 Å². The van der Waals surface area contributed by atoms with Gasteiger partial charge in [-0.3, -0.25) is 19.2 Å². The van der Waals surface area contributed by atoms with Gasteiger partial charge in [-0.15, -0.1) is 0 Å². The molecule has 3 amide bonds. The molecule has 8 nitrogen and oxygen atoms in total. The first kappa shape index (κ1) is 23.0. The van der Waals surface area contributed by atoms with E-state index in [4.69, 9.17) is 4.74 Å². The number of hydrogen-bond donors (Lipinski definition) is 1. The van der Waals surface area contributed by atoms with Gasteiger partial charge in [-0.25, -0.2) is 4.79 Å². The van der Waals surface area contributed by atoms with Crippen LogP contribution >= 0.6 is 0 Å². The molecule has 1 saturated heterocycles. The molecule has 8 heteroatoms. The number of hydrogen-bond acceptors (Lipinski definition) is 6. The smallest absolute Gasteiger partial charge is 0.393 e. The number of amides is 3. The number of hydroxylamine groups is 2. The molecule has 0 aromatic heterocycles. The lowest BCUT2D eigenvalue weighted by Crippen LogP contribution is -2.39. The van der Waals surface area contributed by atoms with Crippen molar-refractivity contribution in [2.45, 2.75) is 52.0 Å². The normalized spacial score (nSPS) is 15.4. The minimum atomic E-state index is -1.16. The second-order valence-corrected chi connectivity index (χ2v) is 7.23. The summed E-state index contributed by atoms with van der Waals surface area (Å²) in [4.78, 5) is 51.6. The molecule has 0 bridgehead atoms. The zero-order valence-electron chi connectivity index (χ0n) is 18.1. The van der Waals surface area contributed by atoms with Crippen LogP contribution in [0.2, 0.25) is 0 Å². The highest BCUT2D eigenvalue weighted by atomic mass is 16.8. The number of nitrogens with zero attached hydrogens (tertiary/aromatic N) is 1. The molecule has 0 unspecified atom stereocenters. The van der Waals surface area contributed by atoms with Gasteiger partial charge < -0.3 is 10.1 Å². The Balaban J connectivity index is 0.00000141. The molecule has 1 aliphatic carbocycles. The van der Waals surface area contributed by atoms with Crippen molar-refractivity contribution in [3.63, 3.8) is 0 Å². The van der Waals surface area contributed by atoms with E-state index in [1.807, 2.05) is 26.0 Å². The highest BCUT2D eigenvalue weighted by Gasteiger charge is 2.33. The molecule has 0 spiro atoms. The Morgan fingerprint density at radius 3 is 1.91 bits per heavy atom. The standard InChI is InChI=1S/C22H20N2O6.C2H6/c25-19-12-13-20(26)24(19)30-22(28)29-18-10-8-15(9-11-18)14-4-6-16(7-5-14)21(27)23-17-2-1-3-17;1-2/h4-11,17H,1-3,12-13H2,(H,23,27);1-2H3. The van der Waals surface area contributed by atoms with Crippen molar-refractivity contribution in [3.05, 3.63) is 54.1 Å². The Morgan fingerprint density at radius 2 is 1.41 bits per heavy atom. The van der Waals surface area contributed by atoms with Crippen molar-refractivity contribution in [3.8, 4) is 16.9 Å². The lowest BCUT2D eigenvalue weighted by atomic mass is 9.93. The maximum Gasteiger partial charge on any atom is 0.539 e. The number of carbonyl (C=O) groups is 4. The van der Waals surface area contributed by atoms with Crippen molar-refractivity contribution in [1.29, 1.82) is 0 Å². The first-order valence-corrected chi connectivity index (χ1v) is 10.8. The molecular weight excluding hydrogens is 412 g/mol. The van der Waals surface area contributed by atoms with Gasteiger partial charge in [-0.2, -0.15) is 0 Å². The molecular formula is C24H26N2O6. The molecule has 1 saturated carbocycles. The molecule has 2 aromatic carbocycles. The van der Waals surface area contributed by atoms with Crippen LogP contribution in [0.15, 0.2) is 48.5 Å². The molecule has 2 aromatic rings. The Hall–Kier alpha value is -3.68. The predicted octanol–water partition coefficient (Wildman–Crippen LogP) is 4.24. The van der Waals surface area contributed by atoms with Crippen LogP contribution in [0.3, 0.4) is 0 Å². The Kier molecular flexibility index (Phi) is 7.59. The fraction of sp³-hybridized carbons (Fsp3) is 0.333. The molecule has 32 heavy (non-hydrogen) atoms. The molecule has 1 heterocycles. The topological polar surface area (TPSA) is 102 Å². The van der Waals surface area contributed by atoms with Gasteiger partial charge in [-0.05, 0) is 54.7 Å². The molecule has 0 radical (unpaired) electrons. The van der Waals surface area contributed by atoms with E-state index >= 15 is 0 Å². The monoisotopic (exact) mass is 438 g/mol. The van der Waals surface area contributed by atoms with Gasteiger partial charge in [0.1, 0.15) is 5.75 Å². The van der Waals surface area contributed by atoms with E-state index in [9.17, 15) is 19.2 Å². The lowest BCUT2D eigenvalue weighted by Gasteiger charge is -2.26. The van der Waals surface area contributed by atoms with Gasteiger partial charge in [0.15, 0.2) is 0 Å². The van der Waals surface area contributed by atoms with Crippen LogP contribution in [0.4, 0.5) is 4.79 Å². The minimum absolute atomic E-state index is 0.0157. The SMILES string of the molecule is CC.O=C(Oc1ccc(-c2ccc(C(=O)NC3CCC3)cc2)cc1)ON1C(=O)CCC1=O. The summed E-state index contributed by atoms with van der Waals surface area (Å²) in [6.07, 6.45) is 2.11.